The Bertz CT molecular complexity index is 533. The molecule has 6 nitrogen and oxygen atoms in total. The molecule has 0 spiro atoms. The second-order valence-electron chi connectivity index (χ2n) is 4.29. The molecule has 0 aromatic carbocycles. The van der Waals surface area contributed by atoms with Crippen LogP contribution in [0.4, 0.5) is 0 Å². The van der Waals surface area contributed by atoms with Gasteiger partial charge >= 0.3 is 5.97 Å². The van der Waals surface area contributed by atoms with Crippen molar-refractivity contribution in [3.63, 3.8) is 0 Å². The van der Waals surface area contributed by atoms with E-state index in [0.29, 0.717) is 0 Å². The van der Waals surface area contributed by atoms with Crippen LogP contribution in [0.25, 0.3) is 0 Å². The number of nitrogens with one attached hydrogen (secondary N) is 1. The Labute approximate surface area is 105 Å². The summed E-state index contributed by atoms with van der Waals surface area (Å²) in [6.07, 6.45) is 4.78. The van der Waals surface area contributed by atoms with Crippen molar-refractivity contribution in [2.75, 3.05) is 0 Å². The summed E-state index contributed by atoms with van der Waals surface area (Å²) in [5.41, 5.74) is -0.0326. The van der Waals surface area contributed by atoms with E-state index in [4.69, 9.17) is 5.11 Å². The zero-order chi connectivity index (χ0) is 13.2. The standard InChI is InChI=1S/C11H14N2O4S/c14-11(15)8-5-6-10(12-7-8)18(16,17)13-9-3-1-2-4-9/h5-7,9,13H,1-4H2,(H,14,15). The van der Waals surface area contributed by atoms with Gasteiger partial charge in [-0.05, 0) is 25.0 Å². The third kappa shape index (κ3) is 2.85. The van der Waals surface area contributed by atoms with Gasteiger partial charge in [-0.15, -0.1) is 0 Å². The number of carbonyl (C=O) groups is 1. The highest BCUT2D eigenvalue weighted by Crippen LogP contribution is 2.19. The fourth-order valence-corrected chi connectivity index (χ4v) is 3.22. The Balaban J connectivity index is 2.16. The molecule has 0 radical (unpaired) electrons. The summed E-state index contributed by atoms with van der Waals surface area (Å²) in [5, 5.41) is 8.56. The third-order valence-corrected chi connectivity index (χ3v) is 4.37. The molecule has 1 heterocycles. The Morgan fingerprint density at radius 3 is 2.50 bits per heavy atom. The van der Waals surface area contributed by atoms with Crippen LogP contribution in [-0.4, -0.2) is 30.5 Å². The number of hydrogen-bond donors (Lipinski definition) is 2. The van der Waals surface area contributed by atoms with Gasteiger partial charge in [0.2, 0.25) is 0 Å². The Morgan fingerprint density at radius 2 is 2.00 bits per heavy atom. The summed E-state index contributed by atoms with van der Waals surface area (Å²) in [7, 11) is -3.64. The lowest BCUT2D eigenvalue weighted by Gasteiger charge is -2.11. The average Bonchev–Trinajstić information content (AvgIpc) is 2.81. The Hall–Kier alpha value is -1.47. The molecule has 0 bridgehead atoms. The summed E-state index contributed by atoms with van der Waals surface area (Å²) in [6.45, 7) is 0. The van der Waals surface area contributed by atoms with Crippen LogP contribution in [-0.2, 0) is 10.0 Å². The van der Waals surface area contributed by atoms with Crippen molar-refractivity contribution in [2.24, 2.45) is 0 Å². The molecule has 0 atom stereocenters. The first-order valence-corrected chi connectivity index (χ1v) is 7.19. The molecule has 0 aliphatic heterocycles. The molecule has 0 amide bonds. The SMILES string of the molecule is O=C(O)c1ccc(S(=O)(=O)NC2CCCC2)nc1. The number of aromatic carboxylic acids is 1. The molecular formula is C11H14N2O4S. The van der Waals surface area contributed by atoms with Gasteiger partial charge in [0, 0.05) is 12.2 Å². The fraction of sp³-hybridized carbons (Fsp3) is 0.455. The van der Waals surface area contributed by atoms with Crippen molar-refractivity contribution in [3.8, 4) is 0 Å². The topological polar surface area (TPSA) is 96.4 Å². The highest BCUT2D eigenvalue weighted by Gasteiger charge is 2.23. The van der Waals surface area contributed by atoms with Crippen molar-refractivity contribution in [1.82, 2.24) is 9.71 Å². The third-order valence-electron chi connectivity index (χ3n) is 2.94. The number of carboxylic acid groups (broad SMARTS) is 1. The highest BCUT2D eigenvalue weighted by atomic mass is 32.2. The number of sulfonamides is 1. The second-order valence-corrected chi connectivity index (χ2v) is 5.95. The smallest absolute Gasteiger partial charge is 0.337 e. The fourth-order valence-electron chi connectivity index (χ4n) is 1.99. The minimum atomic E-state index is -3.64. The van der Waals surface area contributed by atoms with Gasteiger partial charge in [0.05, 0.1) is 5.56 Å². The maximum atomic E-state index is 11.9. The number of pyridine rings is 1. The van der Waals surface area contributed by atoms with E-state index < -0.39 is 16.0 Å². The summed E-state index contributed by atoms with van der Waals surface area (Å²) in [6, 6.07) is 2.41. The van der Waals surface area contributed by atoms with Gasteiger partial charge in [-0.1, -0.05) is 12.8 Å². The van der Waals surface area contributed by atoms with E-state index in [9.17, 15) is 13.2 Å². The zero-order valence-corrected chi connectivity index (χ0v) is 10.5. The lowest BCUT2D eigenvalue weighted by Crippen LogP contribution is -2.33. The maximum absolute atomic E-state index is 11.9. The monoisotopic (exact) mass is 270 g/mol. The molecule has 2 N–H and O–H groups in total. The molecule has 18 heavy (non-hydrogen) atoms. The van der Waals surface area contributed by atoms with Crippen LogP contribution in [0.15, 0.2) is 23.4 Å². The van der Waals surface area contributed by atoms with Crippen molar-refractivity contribution in [1.29, 1.82) is 0 Å². The van der Waals surface area contributed by atoms with Crippen molar-refractivity contribution >= 4 is 16.0 Å². The summed E-state index contributed by atoms with van der Waals surface area (Å²) >= 11 is 0. The molecule has 7 heteroatoms. The second kappa shape index (κ2) is 5.03. The molecule has 1 aliphatic carbocycles. The molecule has 0 unspecified atom stereocenters. The maximum Gasteiger partial charge on any atom is 0.337 e. The summed E-state index contributed by atoms with van der Waals surface area (Å²) < 4.78 is 26.5. The van der Waals surface area contributed by atoms with Crippen LogP contribution in [0.3, 0.4) is 0 Å². The highest BCUT2D eigenvalue weighted by molar-refractivity contribution is 7.89. The molecule has 1 saturated carbocycles. The zero-order valence-electron chi connectivity index (χ0n) is 9.67. The van der Waals surface area contributed by atoms with E-state index in [-0.39, 0.29) is 16.6 Å². The first-order valence-electron chi connectivity index (χ1n) is 5.71. The first kappa shape index (κ1) is 13.0. The minimum Gasteiger partial charge on any atom is -0.478 e. The lowest BCUT2D eigenvalue weighted by atomic mass is 10.3. The van der Waals surface area contributed by atoms with Gasteiger partial charge in [0.1, 0.15) is 0 Å². The van der Waals surface area contributed by atoms with Crippen molar-refractivity contribution in [2.45, 2.75) is 36.8 Å². The van der Waals surface area contributed by atoms with Crippen LogP contribution in [0.5, 0.6) is 0 Å². The first-order chi connectivity index (χ1) is 8.49. The van der Waals surface area contributed by atoms with E-state index in [1.54, 1.807) is 0 Å². The predicted molar refractivity (Wildman–Crippen MR) is 63.8 cm³/mol. The van der Waals surface area contributed by atoms with Gasteiger partial charge in [-0.2, -0.15) is 0 Å². The number of hydrogen-bond acceptors (Lipinski definition) is 4. The molecule has 1 aromatic rings. The van der Waals surface area contributed by atoms with Gasteiger partial charge < -0.3 is 5.11 Å². The lowest BCUT2D eigenvalue weighted by molar-refractivity contribution is 0.0696. The molecule has 98 valence electrons. The predicted octanol–water partition coefficient (Wildman–Crippen LogP) is 1.00. The Kier molecular flexibility index (Phi) is 3.63. The van der Waals surface area contributed by atoms with Crippen LogP contribution >= 0.6 is 0 Å². The molecule has 1 aliphatic rings. The van der Waals surface area contributed by atoms with Gasteiger partial charge in [-0.25, -0.2) is 22.9 Å². The van der Waals surface area contributed by atoms with Gasteiger partial charge in [-0.3, -0.25) is 0 Å². The van der Waals surface area contributed by atoms with E-state index in [1.807, 2.05) is 0 Å². The normalized spacial score (nSPS) is 16.9. The quantitative estimate of drug-likeness (QED) is 0.850. The average molecular weight is 270 g/mol. The number of carboxylic acids is 1. The summed E-state index contributed by atoms with van der Waals surface area (Å²) in [5.74, 6) is -1.13. The van der Waals surface area contributed by atoms with Crippen LogP contribution < -0.4 is 4.72 Å². The van der Waals surface area contributed by atoms with Crippen LogP contribution in [0.1, 0.15) is 36.0 Å². The molecule has 0 saturated heterocycles. The van der Waals surface area contributed by atoms with Crippen LogP contribution in [0.2, 0.25) is 0 Å². The minimum absolute atomic E-state index is 0.0315. The van der Waals surface area contributed by atoms with Gasteiger partial charge in [0.15, 0.2) is 5.03 Å². The molecule has 2 rings (SSSR count). The molecule has 1 fully saturated rings. The number of nitrogens with zero attached hydrogens (tertiary/aromatic N) is 1. The number of rotatable bonds is 4. The van der Waals surface area contributed by atoms with E-state index in [0.717, 1.165) is 31.9 Å². The Morgan fingerprint density at radius 1 is 1.33 bits per heavy atom. The van der Waals surface area contributed by atoms with Crippen LogP contribution in [0, 0.1) is 0 Å². The molecular weight excluding hydrogens is 256 g/mol. The molecule has 1 aromatic heterocycles. The largest absolute Gasteiger partial charge is 0.478 e. The van der Waals surface area contributed by atoms with E-state index in [1.165, 1.54) is 12.1 Å². The summed E-state index contributed by atoms with van der Waals surface area (Å²) in [4.78, 5) is 14.3. The number of aromatic nitrogens is 1. The van der Waals surface area contributed by atoms with E-state index >= 15 is 0 Å². The van der Waals surface area contributed by atoms with E-state index in [2.05, 4.69) is 9.71 Å². The van der Waals surface area contributed by atoms with Gasteiger partial charge in [0.25, 0.3) is 10.0 Å². The van der Waals surface area contributed by atoms with Crippen molar-refractivity contribution < 1.29 is 18.3 Å². The van der Waals surface area contributed by atoms with Crippen molar-refractivity contribution in [3.05, 3.63) is 23.9 Å².